The van der Waals surface area contributed by atoms with E-state index in [1.54, 1.807) is 0 Å². The second-order valence-electron chi connectivity index (χ2n) is 6.34. The van der Waals surface area contributed by atoms with E-state index in [9.17, 15) is 4.79 Å². The summed E-state index contributed by atoms with van der Waals surface area (Å²) in [4.78, 5) is 16.2. The first-order chi connectivity index (χ1) is 11.2. The predicted molar refractivity (Wildman–Crippen MR) is 94.1 cm³/mol. The normalized spacial score (nSPS) is 13.8. The average molecular weight is 304 g/mol. The molecule has 116 valence electrons. The highest BCUT2D eigenvalue weighted by Gasteiger charge is 2.19. The fraction of sp³-hybridized carbons (Fsp3) is 0.250. The minimum absolute atomic E-state index is 0.0557. The zero-order valence-corrected chi connectivity index (χ0v) is 13.3. The summed E-state index contributed by atoms with van der Waals surface area (Å²) >= 11 is 0. The second-order valence-corrected chi connectivity index (χ2v) is 6.34. The summed E-state index contributed by atoms with van der Waals surface area (Å²) in [5.41, 5.74) is 6.38. The largest absolute Gasteiger partial charge is 0.358 e. The van der Waals surface area contributed by atoms with Crippen LogP contribution in [0.2, 0.25) is 0 Å². The Morgan fingerprint density at radius 3 is 2.78 bits per heavy atom. The van der Waals surface area contributed by atoms with Crippen LogP contribution >= 0.6 is 0 Å². The lowest BCUT2D eigenvalue weighted by molar-refractivity contribution is 0.102. The Bertz CT molecular complexity index is 892. The van der Waals surface area contributed by atoms with Crippen LogP contribution < -0.4 is 5.32 Å². The summed E-state index contributed by atoms with van der Waals surface area (Å²) in [7, 11) is 0. The van der Waals surface area contributed by atoms with E-state index < -0.39 is 0 Å². The van der Waals surface area contributed by atoms with Gasteiger partial charge in [-0.05, 0) is 61.9 Å². The summed E-state index contributed by atoms with van der Waals surface area (Å²) in [6, 6.07) is 13.9. The van der Waals surface area contributed by atoms with Crippen molar-refractivity contribution in [2.24, 2.45) is 0 Å². The summed E-state index contributed by atoms with van der Waals surface area (Å²) in [6.07, 6.45) is 4.66. The van der Waals surface area contributed by atoms with Gasteiger partial charge in [0.05, 0.1) is 11.1 Å². The van der Waals surface area contributed by atoms with Crippen molar-refractivity contribution < 1.29 is 4.79 Å². The maximum atomic E-state index is 12.7. The third-order valence-corrected chi connectivity index (χ3v) is 4.65. The van der Waals surface area contributed by atoms with Crippen LogP contribution in [0, 0.1) is 6.92 Å². The number of aromatic amines is 1. The number of benzene rings is 2. The smallest absolute Gasteiger partial charge is 0.257 e. The molecule has 1 heterocycles. The van der Waals surface area contributed by atoms with E-state index >= 15 is 0 Å². The van der Waals surface area contributed by atoms with Gasteiger partial charge in [-0.3, -0.25) is 4.79 Å². The number of amides is 1. The van der Waals surface area contributed by atoms with Gasteiger partial charge in [0.2, 0.25) is 0 Å². The number of para-hydroxylation sites is 1. The standard InChI is InChI=1S/C20H20N2O/c1-13-6-4-7-14(12-13)21-20(23)17-10-5-9-16-15-8-2-3-11-18(15)22-19(16)17/h4-7,9-10,12,22H,2-3,8,11H2,1H3,(H,21,23). The summed E-state index contributed by atoms with van der Waals surface area (Å²) < 4.78 is 0. The molecule has 0 saturated heterocycles. The van der Waals surface area contributed by atoms with Crippen LogP contribution in [-0.2, 0) is 12.8 Å². The zero-order chi connectivity index (χ0) is 15.8. The van der Waals surface area contributed by atoms with Crippen molar-refractivity contribution in [3.05, 3.63) is 64.8 Å². The lowest BCUT2D eigenvalue weighted by Gasteiger charge is -2.10. The Labute approximate surface area is 135 Å². The number of hydrogen-bond donors (Lipinski definition) is 2. The number of aryl methyl sites for hydroxylation is 3. The molecule has 0 spiro atoms. The molecular formula is C20H20N2O. The number of carbonyl (C=O) groups is 1. The molecule has 3 aromatic rings. The third kappa shape index (κ3) is 2.52. The van der Waals surface area contributed by atoms with Crippen LogP contribution in [0.5, 0.6) is 0 Å². The van der Waals surface area contributed by atoms with Gasteiger partial charge in [0, 0.05) is 16.8 Å². The van der Waals surface area contributed by atoms with Crippen LogP contribution in [0.25, 0.3) is 10.9 Å². The topological polar surface area (TPSA) is 44.9 Å². The Morgan fingerprint density at radius 2 is 1.91 bits per heavy atom. The van der Waals surface area contributed by atoms with Crippen molar-refractivity contribution in [3.8, 4) is 0 Å². The molecule has 0 unspecified atom stereocenters. The minimum Gasteiger partial charge on any atom is -0.358 e. The number of nitrogens with one attached hydrogen (secondary N) is 2. The summed E-state index contributed by atoms with van der Waals surface area (Å²) in [6.45, 7) is 2.02. The molecule has 0 radical (unpaired) electrons. The Kier molecular flexibility index (Phi) is 3.41. The summed E-state index contributed by atoms with van der Waals surface area (Å²) in [5, 5.41) is 4.22. The summed E-state index contributed by atoms with van der Waals surface area (Å²) in [5.74, 6) is -0.0557. The zero-order valence-electron chi connectivity index (χ0n) is 13.3. The number of aromatic nitrogens is 1. The van der Waals surface area contributed by atoms with E-state index in [-0.39, 0.29) is 5.91 Å². The Hall–Kier alpha value is -2.55. The maximum Gasteiger partial charge on any atom is 0.257 e. The fourth-order valence-electron chi connectivity index (χ4n) is 3.54. The molecule has 0 saturated carbocycles. The van der Waals surface area contributed by atoms with E-state index in [0.717, 1.165) is 35.2 Å². The molecule has 1 amide bonds. The van der Waals surface area contributed by atoms with Gasteiger partial charge in [-0.2, -0.15) is 0 Å². The van der Waals surface area contributed by atoms with Gasteiger partial charge in [-0.15, -0.1) is 0 Å². The number of carbonyl (C=O) groups excluding carboxylic acids is 1. The van der Waals surface area contributed by atoms with Gasteiger partial charge < -0.3 is 10.3 Å². The molecule has 2 aromatic carbocycles. The predicted octanol–water partition coefficient (Wildman–Crippen LogP) is 4.61. The van der Waals surface area contributed by atoms with Gasteiger partial charge in [0.25, 0.3) is 5.91 Å². The SMILES string of the molecule is Cc1cccc(NC(=O)c2cccc3c4c([nH]c23)CCCC4)c1. The van der Waals surface area contributed by atoms with Crippen molar-refractivity contribution in [3.63, 3.8) is 0 Å². The van der Waals surface area contributed by atoms with Crippen LogP contribution in [0.4, 0.5) is 5.69 Å². The van der Waals surface area contributed by atoms with Crippen LogP contribution in [0.15, 0.2) is 42.5 Å². The van der Waals surface area contributed by atoms with E-state index in [1.807, 2.05) is 43.3 Å². The highest BCUT2D eigenvalue weighted by molar-refractivity contribution is 6.12. The maximum absolute atomic E-state index is 12.7. The second kappa shape index (κ2) is 5.58. The molecule has 0 fully saturated rings. The first-order valence-electron chi connectivity index (χ1n) is 8.23. The van der Waals surface area contributed by atoms with Gasteiger partial charge >= 0.3 is 0 Å². The third-order valence-electron chi connectivity index (χ3n) is 4.65. The van der Waals surface area contributed by atoms with Gasteiger partial charge in [-0.1, -0.05) is 24.3 Å². The number of anilines is 1. The van der Waals surface area contributed by atoms with E-state index in [1.165, 1.54) is 29.5 Å². The van der Waals surface area contributed by atoms with Crippen molar-refractivity contribution in [2.45, 2.75) is 32.6 Å². The number of H-pyrrole nitrogens is 1. The van der Waals surface area contributed by atoms with E-state index in [4.69, 9.17) is 0 Å². The van der Waals surface area contributed by atoms with Crippen molar-refractivity contribution in [2.75, 3.05) is 5.32 Å². The molecule has 3 heteroatoms. The molecule has 1 aromatic heterocycles. The number of hydrogen-bond acceptors (Lipinski definition) is 1. The van der Waals surface area contributed by atoms with Gasteiger partial charge in [0.15, 0.2) is 0 Å². The molecule has 0 atom stereocenters. The molecular weight excluding hydrogens is 284 g/mol. The molecule has 2 N–H and O–H groups in total. The van der Waals surface area contributed by atoms with E-state index in [2.05, 4.69) is 16.4 Å². The minimum atomic E-state index is -0.0557. The van der Waals surface area contributed by atoms with Crippen LogP contribution in [-0.4, -0.2) is 10.9 Å². The van der Waals surface area contributed by atoms with Gasteiger partial charge in [-0.25, -0.2) is 0 Å². The molecule has 1 aliphatic carbocycles. The molecule has 23 heavy (non-hydrogen) atoms. The lowest BCUT2D eigenvalue weighted by atomic mass is 9.95. The first kappa shape index (κ1) is 14.1. The molecule has 4 rings (SSSR count). The number of fused-ring (bicyclic) bond motifs is 3. The highest BCUT2D eigenvalue weighted by atomic mass is 16.1. The van der Waals surface area contributed by atoms with Crippen molar-refractivity contribution in [1.29, 1.82) is 0 Å². The monoisotopic (exact) mass is 304 g/mol. The van der Waals surface area contributed by atoms with Crippen molar-refractivity contribution >= 4 is 22.5 Å². The fourth-order valence-corrected chi connectivity index (χ4v) is 3.54. The molecule has 1 aliphatic rings. The van der Waals surface area contributed by atoms with E-state index in [0.29, 0.717) is 0 Å². The quantitative estimate of drug-likeness (QED) is 0.713. The molecule has 3 nitrogen and oxygen atoms in total. The average Bonchev–Trinajstić information content (AvgIpc) is 2.93. The number of rotatable bonds is 2. The Morgan fingerprint density at radius 1 is 1.09 bits per heavy atom. The molecule has 0 bridgehead atoms. The molecule has 0 aliphatic heterocycles. The van der Waals surface area contributed by atoms with Gasteiger partial charge in [0.1, 0.15) is 0 Å². The first-order valence-corrected chi connectivity index (χ1v) is 8.23. The van der Waals surface area contributed by atoms with Crippen LogP contribution in [0.1, 0.15) is 40.0 Å². The van der Waals surface area contributed by atoms with Crippen LogP contribution in [0.3, 0.4) is 0 Å². The van der Waals surface area contributed by atoms with Crippen molar-refractivity contribution in [1.82, 2.24) is 4.98 Å². The lowest BCUT2D eigenvalue weighted by Crippen LogP contribution is -2.12. The highest BCUT2D eigenvalue weighted by Crippen LogP contribution is 2.31. The Balaban J connectivity index is 1.73.